The van der Waals surface area contributed by atoms with Crippen LogP contribution in [0.3, 0.4) is 0 Å². The molecular formula is C10H9F2N3. The summed E-state index contributed by atoms with van der Waals surface area (Å²) < 4.78 is 26.8. The molecule has 0 atom stereocenters. The Morgan fingerprint density at radius 1 is 1.33 bits per heavy atom. The topological polar surface area (TPSA) is 54.7 Å². The van der Waals surface area contributed by atoms with E-state index in [0.717, 1.165) is 5.56 Å². The third-order valence-electron chi connectivity index (χ3n) is 2.13. The van der Waals surface area contributed by atoms with E-state index in [4.69, 9.17) is 5.73 Å². The second-order valence-corrected chi connectivity index (χ2v) is 3.28. The molecule has 0 bridgehead atoms. The summed E-state index contributed by atoms with van der Waals surface area (Å²) in [7, 11) is 0. The highest BCUT2D eigenvalue weighted by molar-refractivity contribution is 5.64. The third kappa shape index (κ3) is 1.56. The molecule has 0 aliphatic heterocycles. The number of nitrogens with two attached hydrogens (primary N) is 1. The summed E-state index contributed by atoms with van der Waals surface area (Å²) in [6, 6.07) is 4.50. The highest BCUT2D eigenvalue weighted by atomic mass is 19.1. The minimum atomic E-state index is -0.724. The molecule has 0 aliphatic carbocycles. The molecule has 0 saturated heterocycles. The third-order valence-corrected chi connectivity index (χ3v) is 2.13. The average molecular weight is 209 g/mol. The first-order chi connectivity index (χ1) is 7.09. The molecule has 0 spiro atoms. The molecule has 0 radical (unpaired) electrons. The van der Waals surface area contributed by atoms with E-state index < -0.39 is 11.6 Å². The monoisotopic (exact) mass is 209 g/mol. The van der Waals surface area contributed by atoms with Gasteiger partial charge in [0.25, 0.3) is 0 Å². The van der Waals surface area contributed by atoms with Gasteiger partial charge in [-0.1, -0.05) is 6.07 Å². The van der Waals surface area contributed by atoms with Crippen LogP contribution in [0.4, 0.5) is 14.6 Å². The van der Waals surface area contributed by atoms with Crippen molar-refractivity contribution in [3.05, 3.63) is 35.4 Å². The summed E-state index contributed by atoms with van der Waals surface area (Å²) in [5.41, 5.74) is 6.09. The molecule has 0 aliphatic rings. The van der Waals surface area contributed by atoms with Crippen molar-refractivity contribution in [3.63, 3.8) is 0 Å². The number of benzene rings is 1. The van der Waals surface area contributed by atoms with Crippen molar-refractivity contribution in [1.29, 1.82) is 0 Å². The van der Waals surface area contributed by atoms with Gasteiger partial charge < -0.3 is 5.73 Å². The molecule has 2 rings (SSSR count). The maximum atomic E-state index is 13.5. The number of rotatable bonds is 1. The Hall–Kier alpha value is -1.91. The number of anilines is 1. The van der Waals surface area contributed by atoms with Crippen LogP contribution >= 0.6 is 0 Å². The zero-order chi connectivity index (χ0) is 11.0. The van der Waals surface area contributed by atoms with Crippen molar-refractivity contribution >= 4 is 5.82 Å². The molecule has 15 heavy (non-hydrogen) atoms. The van der Waals surface area contributed by atoms with Gasteiger partial charge in [-0.25, -0.2) is 8.78 Å². The van der Waals surface area contributed by atoms with Crippen LogP contribution < -0.4 is 5.73 Å². The minimum Gasteiger partial charge on any atom is -0.380 e. The SMILES string of the molecule is Cc1ccc(-c2[nH]nc(N)c2F)c(F)c1. The lowest BCUT2D eigenvalue weighted by Gasteiger charge is -2.01. The molecule has 3 N–H and O–H groups in total. The summed E-state index contributed by atoms with van der Waals surface area (Å²) in [6.07, 6.45) is 0. The molecule has 0 amide bonds. The Balaban J connectivity index is 2.59. The predicted octanol–water partition coefficient (Wildman–Crippen LogP) is 2.25. The number of hydrogen-bond donors (Lipinski definition) is 2. The van der Waals surface area contributed by atoms with Crippen LogP contribution in [0.15, 0.2) is 18.2 Å². The van der Waals surface area contributed by atoms with Crippen LogP contribution in [0.25, 0.3) is 11.3 Å². The molecule has 0 saturated carbocycles. The van der Waals surface area contributed by atoms with E-state index in [0.29, 0.717) is 0 Å². The molecule has 0 unspecified atom stereocenters. The van der Waals surface area contributed by atoms with Gasteiger partial charge in [0.05, 0.1) is 0 Å². The van der Waals surface area contributed by atoms with Crippen molar-refractivity contribution in [2.45, 2.75) is 6.92 Å². The second kappa shape index (κ2) is 3.34. The van der Waals surface area contributed by atoms with Crippen LogP contribution in [0.1, 0.15) is 5.56 Å². The van der Waals surface area contributed by atoms with Crippen LogP contribution in [-0.2, 0) is 0 Å². The van der Waals surface area contributed by atoms with E-state index in [1.807, 2.05) is 0 Å². The van der Waals surface area contributed by atoms with Gasteiger partial charge in [0.15, 0.2) is 11.6 Å². The van der Waals surface area contributed by atoms with Crippen LogP contribution in [-0.4, -0.2) is 10.2 Å². The van der Waals surface area contributed by atoms with E-state index in [-0.39, 0.29) is 17.1 Å². The van der Waals surface area contributed by atoms with Gasteiger partial charge in [0, 0.05) is 5.56 Å². The lowest BCUT2D eigenvalue weighted by atomic mass is 10.1. The van der Waals surface area contributed by atoms with Gasteiger partial charge in [-0.2, -0.15) is 5.10 Å². The summed E-state index contributed by atoms with van der Waals surface area (Å²) in [6.45, 7) is 1.75. The summed E-state index contributed by atoms with van der Waals surface area (Å²) >= 11 is 0. The van der Waals surface area contributed by atoms with Crippen LogP contribution in [0, 0.1) is 18.6 Å². The number of nitrogens with zero attached hydrogens (tertiary/aromatic N) is 1. The second-order valence-electron chi connectivity index (χ2n) is 3.28. The highest BCUT2D eigenvalue weighted by Gasteiger charge is 2.15. The summed E-state index contributed by atoms with van der Waals surface area (Å²) in [5.74, 6) is -1.49. The van der Waals surface area contributed by atoms with Gasteiger partial charge in [0.2, 0.25) is 0 Å². The van der Waals surface area contributed by atoms with Crippen molar-refractivity contribution in [2.75, 3.05) is 5.73 Å². The van der Waals surface area contributed by atoms with Crippen molar-refractivity contribution in [1.82, 2.24) is 10.2 Å². The lowest BCUT2D eigenvalue weighted by molar-refractivity contribution is 0.618. The molecule has 78 valence electrons. The number of hydrogen-bond acceptors (Lipinski definition) is 2. The quantitative estimate of drug-likeness (QED) is 0.756. The Bertz CT molecular complexity index is 505. The van der Waals surface area contributed by atoms with Crippen LogP contribution in [0.2, 0.25) is 0 Å². The van der Waals surface area contributed by atoms with Gasteiger partial charge in [-0.15, -0.1) is 0 Å². The Morgan fingerprint density at radius 2 is 2.07 bits per heavy atom. The molecular weight excluding hydrogens is 200 g/mol. The van der Waals surface area contributed by atoms with Crippen molar-refractivity contribution < 1.29 is 8.78 Å². The number of aryl methyl sites for hydroxylation is 1. The van der Waals surface area contributed by atoms with Crippen molar-refractivity contribution in [2.24, 2.45) is 0 Å². The zero-order valence-corrected chi connectivity index (χ0v) is 8.01. The maximum absolute atomic E-state index is 13.5. The number of nitrogen functional groups attached to an aromatic ring is 1. The zero-order valence-electron chi connectivity index (χ0n) is 8.01. The fraction of sp³-hybridized carbons (Fsp3) is 0.100. The fourth-order valence-corrected chi connectivity index (χ4v) is 1.34. The number of H-pyrrole nitrogens is 1. The maximum Gasteiger partial charge on any atom is 0.192 e. The van der Waals surface area contributed by atoms with Gasteiger partial charge in [-0.3, -0.25) is 5.10 Å². The Morgan fingerprint density at radius 3 is 2.60 bits per heavy atom. The first-order valence-corrected chi connectivity index (χ1v) is 4.35. The summed E-state index contributed by atoms with van der Waals surface area (Å²) in [4.78, 5) is 0. The molecule has 5 heteroatoms. The molecule has 0 fully saturated rings. The first-order valence-electron chi connectivity index (χ1n) is 4.35. The van der Waals surface area contributed by atoms with Crippen LogP contribution in [0.5, 0.6) is 0 Å². The highest BCUT2D eigenvalue weighted by Crippen LogP contribution is 2.26. The minimum absolute atomic E-state index is 0.0231. The number of halogens is 2. The molecule has 1 aromatic heterocycles. The normalized spacial score (nSPS) is 10.6. The lowest BCUT2D eigenvalue weighted by Crippen LogP contribution is -1.90. The fourth-order valence-electron chi connectivity index (χ4n) is 1.34. The predicted molar refractivity (Wildman–Crippen MR) is 53.1 cm³/mol. The standard InChI is InChI=1S/C10H9F2N3/c1-5-2-3-6(7(11)4-5)9-8(12)10(13)15-14-9/h2-4H,1H3,(H3,13,14,15). The summed E-state index contributed by atoms with van der Waals surface area (Å²) in [5, 5.41) is 5.83. The molecule has 3 nitrogen and oxygen atoms in total. The first kappa shape index (κ1) is 9.64. The van der Waals surface area contributed by atoms with Crippen molar-refractivity contribution in [3.8, 4) is 11.3 Å². The smallest absolute Gasteiger partial charge is 0.192 e. The van der Waals surface area contributed by atoms with E-state index in [1.54, 1.807) is 13.0 Å². The average Bonchev–Trinajstić information content (AvgIpc) is 2.49. The number of aromatic nitrogens is 2. The van der Waals surface area contributed by atoms with Gasteiger partial charge >= 0.3 is 0 Å². The molecule has 2 aromatic rings. The Labute approximate surface area is 84.9 Å². The Kier molecular flexibility index (Phi) is 2.15. The molecule has 1 heterocycles. The number of nitrogens with one attached hydrogen (secondary N) is 1. The number of aromatic amines is 1. The van der Waals surface area contributed by atoms with E-state index in [1.165, 1.54) is 12.1 Å². The van der Waals surface area contributed by atoms with Gasteiger partial charge in [0.1, 0.15) is 11.5 Å². The molecule has 1 aromatic carbocycles. The largest absolute Gasteiger partial charge is 0.380 e. The van der Waals surface area contributed by atoms with E-state index in [9.17, 15) is 8.78 Å². The van der Waals surface area contributed by atoms with Gasteiger partial charge in [-0.05, 0) is 24.6 Å². The van der Waals surface area contributed by atoms with E-state index >= 15 is 0 Å². The van der Waals surface area contributed by atoms with E-state index in [2.05, 4.69) is 10.2 Å².